The molecule has 1 aliphatic carbocycles. The molecule has 2 heteroatoms. The topological polar surface area (TPSA) is 9.23 Å². The molecule has 57 valence electrons. The average Bonchev–Trinajstić information content (AvgIpc) is 1.88. The maximum atomic E-state index is 5.64. The number of allylic oxidation sites excluding steroid dienone is 2. The Bertz CT molecular complexity index is 129. The third kappa shape index (κ3) is 2.56. The van der Waals surface area contributed by atoms with Gasteiger partial charge in [-0.2, -0.15) is 0 Å². The second kappa shape index (κ2) is 3.81. The van der Waals surface area contributed by atoms with Gasteiger partial charge in [0.05, 0.1) is 5.76 Å². The molecular weight excluding hydrogens is 140 g/mol. The second-order valence-corrected chi connectivity index (χ2v) is 5.31. The molecule has 0 N–H and O–H groups in total. The summed E-state index contributed by atoms with van der Waals surface area (Å²) in [4.78, 5) is 0. The molecule has 0 aromatic heterocycles. The summed E-state index contributed by atoms with van der Waals surface area (Å²) in [6, 6.07) is 0. The molecular formula is C8H15OSi. The van der Waals surface area contributed by atoms with E-state index in [1.54, 1.807) is 0 Å². The van der Waals surface area contributed by atoms with Crippen LogP contribution in [-0.2, 0) is 4.43 Å². The van der Waals surface area contributed by atoms with E-state index in [2.05, 4.69) is 19.2 Å². The Kier molecular flexibility index (Phi) is 3.00. The van der Waals surface area contributed by atoms with Crippen molar-refractivity contribution >= 4 is 9.04 Å². The van der Waals surface area contributed by atoms with Gasteiger partial charge in [0.1, 0.15) is 0 Å². The van der Waals surface area contributed by atoms with Crippen LogP contribution in [0.15, 0.2) is 5.76 Å². The maximum Gasteiger partial charge on any atom is 0.229 e. The largest absolute Gasteiger partial charge is 0.550 e. The summed E-state index contributed by atoms with van der Waals surface area (Å²) in [7, 11) is -0.843. The van der Waals surface area contributed by atoms with E-state index in [1.807, 2.05) is 0 Å². The highest BCUT2D eigenvalue weighted by Crippen LogP contribution is 2.17. The summed E-state index contributed by atoms with van der Waals surface area (Å²) in [5.41, 5.74) is 0. The summed E-state index contributed by atoms with van der Waals surface area (Å²) in [6.07, 6.45) is 8.11. The predicted molar refractivity (Wildman–Crippen MR) is 45.2 cm³/mol. The summed E-state index contributed by atoms with van der Waals surface area (Å²) < 4.78 is 5.64. The molecule has 0 fully saturated rings. The van der Waals surface area contributed by atoms with E-state index in [1.165, 1.54) is 12.8 Å². The average molecular weight is 155 g/mol. The monoisotopic (exact) mass is 155 g/mol. The second-order valence-electron chi connectivity index (χ2n) is 2.97. The Hall–Kier alpha value is -0.243. The summed E-state index contributed by atoms with van der Waals surface area (Å²) in [6.45, 7) is 4.40. The van der Waals surface area contributed by atoms with Gasteiger partial charge in [0, 0.05) is 6.42 Å². The van der Waals surface area contributed by atoms with Crippen molar-refractivity contribution in [3.8, 4) is 0 Å². The number of hydrogen-bond donors (Lipinski definition) is 0. The highest BCUT2D eigenvalue weighted by molar-refractivity contribution is 6.48. The zero-order chi connectivity index (χ0) is 7.40. The molecule has 0 aliphatic heterocycles. The van der Waals surface area contributed by atoms with Gasteiger partial charge in [-0.05, 0) is 38.4 Å². The first-order chi connectivity index (χ1) is 4.79. The van der Waals surface area contributed by atoms with Crippen LogP contribution in [0.5, 0.6) is 0 Å². The lowest BCUT2D eigenvalue weighted by molar-refractivity contribution is 0.390. The van der Waals surface area contributed by atoms with Crippen LogP contribution < -0.4 is 0 Å². The highest BCUT2D eigenvalue weighted by Gasteiger charge is 2.06. The van der Waals surface area contributed by atoms with Crippen LogP contribution in [0, 0.1) is 6.08 Å². The first-order valence-corrected chi connectivity index (χ1v) is 6.83. The van der Waals surface area contributed by atoms with E-state index < -0.39 is 9.04 Å². The Morgan fingerprint density at radius 1 is 1.40 bits per heavy atom. The van der Waals surface area contributed by atoms with Crippen molar-refractivity contribution in [2.75, 3.05) is 0 Å². The number of hydrogen-bond acceptors (Lipinski definition) is 1. The smallest absolute Gasteiger partial charge is 0.229 e. The Balaban J connectivity index is 2.31. The molecule has 0 aromatic carbocycles. The molecule has 0 spiro atoms. The van der Waals surface area contributed by atoms with Gasteiger partial charge in [0.2, 0.25) is 9.04 Å². The predicted octanol–water partition coefficient (Wildman–Crippen LogP) is 2.25. The van der Waals surface area contributed by atoms with Gasteiger partial charge in [-0.25, -0.2) is 0 Å². The van der Waals surface area contributed by atoms with Crippen molar-refractivity contribution in [1.82, 2.24) is 0 Å². The van der Waals surface area contributed by atoms with E-state index >= 15 is 0 Å². The molecule has 0 unspecified atom stereocenters. The Morgan fingerprint density at radius 2 is 2.20 bits per heavy atom. The SMILES string of the molecule is C[SiH](C)OC1=[C]CCCC1. The van der Waals surface area contributed by atoms with Crippen LogP contribution in [0.1, 0.15) is 25.7 Å². The summed E-state index contributed by atoms with van der Waals surface area (Å²) >= 11 is 0. The molecule has 0 saturated carbocycles. The first-order valence-electron chi connectivity index (χ1n) is 4.05. The van der Waals surface area contributed by atoms with Crippen LogP contribution in [0.3, 0.4) is 0 Å². The van der Waals surface area contributed by atoms with Crippen LogP contribution in [0.2, 0.25) is 13.1 Å². The lowest BCUT2D eigenvalue weighted by Gasteiger charge is -2.16. The molecule has 1 radical (unpaired) electrons. The minimum absolute atomic E-state index is 0.843. The molecule has 1 aliphatic rings. The molecule has 1 rings (SSSR count). The van der Waals surface area contributed by atoms with Gasteiger partial charge in [0.15, 0.2) is 0 Å². The van der Waals surface area contributed by atoms with E-state index in [9.17, 15) is 0 Å². The number of rotatable bonds is 2. The molecule has 0 saturated heterocycles. The van der Waals surface area contributed by atoms with Crippen LogP contribution in [-0.4, -0.2) is 9.04 Å². The molecule has 10 heavy (non-hydrogen) atoms. The third-order valence-corrected chi connectivity index (χ3v) is 2.29. The molecule has 0 bridgehead atoms. The fourth-order valence-corrected chi connectivity index (χ4v) is 1.88. The van der Waals surface area contributed by atoms with E-state index in [4.69, 9.17) is 4.43 Å². The minimum atomic E-state index is -0.843. The van der Waals surface area contributed by atoms with Crippen molar-refractivity contribution in [3.05, 3.63) is 11.8 Å². The zero-order valence-electron chi connectivity index (χ0n) is 6.81. The lowest BCUT2D eigenvalue weighted by Crippen LogP contribution is -2.08. The highest BCUT2D eigenvalue weighted by atomic mass is 28.3. The fraction of sp³-hybridized carbons (Fsp3) is 0.750. The normalized spacial score (nSPS) is 18.9. The van der Waals surface area contributed by atoms with E-state index in [0.29, 0.717) is 0 Å². The van der Waals surface area contributed by atoms with E-state index in [-0.39, 0.29) is 0 Å². The molecule has 0 aromatic rings. The lowest BCUT2D eigenvalue weighted by atomic mass is 10.1. The van der Waals surface area contributed by atoms with Gasteiger partial charge in [-0.15, -0.1) is 0 Å². The first kappa shape index (κ1) is 7.86. The molecule has 0 heterocycles. The van der Waals surface area contributed by atoms with Crippen LogP contribution >= 0.6 is 0 Å². The third-order valence-electron chi connectivity index (χ3n) is 1.53. The molecule has 0 amide bonds. The van der Waals surface area contributed by atoms with Crippen molar-refractivity contribution in [2.24, 2.45) is 0 Å². The summed E-state index contributed by atoms with van der Waals surface area (Å²) in [5, 5.41) is 0. The van der Waals surface area contributed by atoms with Crippen molar-refractivity contribution in [1.29, 1.82) is 0 Å². The Morgan fingerprint density at radius 3 is 2.70 bits per heavy atom. The van der Waals surface area contributed by atoms with Crippen molar-refractivity contribution in [3.63, 3.8) is 0 Å². The van der Waals surface area contributed by atoms with Crippen molar-refractivity contribution < 1.29 is 4.43 Å². The van der Waals surface area contributed by atoms with Gasteiger partial charge < -0.3 is 4.43 Å². The molecule has 0 atom stereocenters. The van der Waals surface area contributed by atoms with Gasteiger partial charge in [-0.1, -0.05) is 0 Å². The van der Waals surface area contributed by atoms with Crippen molar-refractivity contribution in [2.45, 2.75) is 38.8 Å². The fourth-order valence-electron chi connectivity index (χ4n) is 1.11. The quantitative estimate of drug-likeness (QED) is 0.556. The van der Waals surface area contributed by atoms with Gasteiger partial charge in [-0.3, -0.25) is 0 Å². The standard InChI is InChI=1S/C8H15OSi/c1-10(2)9-8-6-4-3-5-7-8/h10H,3-6H2,1-2H3. The maximum absolute atomic E-state index is 5.64. The molecule has 1 nitrogen and oxygen atoms in total. The van der Waals surface area contributed by atoms with E-state index in [0.717, 1.165) is 18.6 Å². The van der Waals surface area contributed by atoms with Crippen LogP contribution in [0.4, 0.5) is 0 Å². The summed E-state index contributed by atoms with van der Waals surface area (Å²) in [5.74, 6) is 1.15. The van der Waals surface area contributed by atoms with Gasteiger partial charge in [0.25, 0.3) is 0 Å². The van der Waals surface area contributed by atoms with Crippen LogP contribution in [0.25, 0.3) is 0 Å². The zero-order valence-corrected chi connectivity index (χ0v) is 7.97. The minimum Gasteiger partial charge on any atom is -0.550 e. The Labute approximate surface area is 64.8 Å². The van der Waals surface area contributed by atoms with Gasteiger partial charge >= 0.3 is 0 Å².